The van der Waals surface area contributed by atoms with E-state index < -0.39 is 22.1 Å². The summed E-state index contributed by atoms with van der Waals surface area (Å²) in [5.74, 6) is -0.397. The number of methoxy groups -OCH3 is 1. The van der Waals surface area contributed by atoms with Crippen molar-refractivity contribution in [2.75, 3.05) is 13.7 Å². The maximum atomic E-state index is 13.8. The number of carbonyl (C=O) groups is 1. The first kappa shape index (κ1) is 29.3. The molecule has 0 aliphatic carbocycles. The number of nitrogens with zero attached hydrogens (tertiary/aromatic N) is 2. The maximum Gasteiger partial charge on any atom is 0.339 e. The predicted molar refractivity (Wildman–Crippen MR) is 159 cm³/mol. The van der Waals surface area contributed by atoms with E-state index in [9.17, 15) is 18.0 Å². The Balaban J connectivity index is 1.58. The summed E-state index contributed by atoms with van der Waals surface area (Å²) in [6.07, 6.45) is 1.64. The van der Waals surface area contributed by atoms with E-state index in [-0.39, 0.29) is 34.1 Å². The Morgan fingerprint density at radius 2 is 1.79 bits per heavy atom. The molecule has 12 heteroatoms. The average molecular weight is 625 g/mol. The molecule has 0 saturated heterocycles. The van der Waals surface area contributed by atoms with E-state index in [1.54, 1.807) is 74.5 Å². The smallest absolute Gasteiger partial charge is 0.339 e. The first-order valence-corrected chi connectivity index (χ1v) is 15.4. The van der Waals surface area contributed by atoms with E-state index in [0.717, 1.165) is 11.3 Å². The molecule has 3 aromatic carbocycles. The molecular weight excluding hydrogens is 600 g/mol. The number of benzene rings is 3. The molecule has 2 heterocycles. The van der Waals surface area contributed by atoms with Crippen molar-refractivity contribution in [3.8, 4) is 11.5 Å². The molecular formula is C30H25ClN2O7S2. The predicted octanol–water partition coefficient (Wildman–Crippen LogP) is 4.23. The molecule has 0 bridgehead atoms. The topological polar surface area (TPSA) is 113 Å². The van der Waals surface area contributed by atoms with Crippen LogP contribution < -0.4 is 23.8 Å². The molecule has 1 unspecified atom stereocenters. The molecule has 0 radical (unpaired) electrons. The van der Waals surface area contributed by atoms with Gasteiger partial charge in [0.05, 0.1) is 35.6 Å². The summed E-state index contributed by atoms with van der Waals surface area (Å²) < 4.78 is 43.3. The highest BCUT2D eigenvalue weighted by molar-refractivity contribution is 7.87. The lowest BCUT2D eigenvalue weighted by atomic mass is 9.96. The van der Waals surface area contributed by atoms with Gasteiger partial charge in [0.25, 0.3) is 5.56 Å². The van der Waals surface area contributed by atoms with E-state index in [4.69, 9.17) is 25.3 Å². The van der Waals surface area contributed by atoms with Crippen molar-refractivity contribution in [3.63, 3.8) is 0 Å². The van der Waals surface area contributed by atoms with Gasteiger partial charge in [-0.25, -0.2) is 9.79 Å². The lowest BCUT2D eigenvalue weighted by Crippen LogP contribution is -2.39. The van der Waals surface area contributed by atoms with E-state index in [0.29, 0.717) is 31.2 Å². The third-order valence-corrected chi connectivity index (χ3v) is 8.90. The first-order valence-electron chi connectivity index (χ1n) is 12.8. The zero-order chi connectivity index (χ0) is 30.0. The molecule has 1 atom stereocenters. The SMILES string of the molecule is CCOC(=O)C1=C(C)N=c2s/c(=C\c3ccc(OS(=O)(=O)c4ccccc4)c(OC)c3)c(=O)n2C1c1ccc(Cl)cc1. The molecule has 1 aliphatic rings. The van der Waals surface area contributed by atoms with E-state index in [2.05, 4.69) is 4.99 Å². The summed E-state index contributed by atoms with van der Waals surface area (Å²) in [7, 11) is -2.70. The van der Waals surface area contributed by atoms with Gasteiger partial charge in [-0.2, -0.15) is 8.42 Å². The van der Waals surface area contributed by atoms with Crippen LogP contribution in [0.3, 0.4) is 0 Å². The molecule has 0 fully saturated rings. The van der Waals surface area contributed by atoms with Crippen LogP contribution in [-0.4, -0.2) is 32.7 Å². The summed E-state index contributed by atoms with van der Waals surface area (Å²) in [6.45, 7) is 3.59. The number of hydrogen-bond acceptors (Lipinski definition) is 9. The fourth-order valence-electron chi connectivity index (χ4n) is 4.50. The van der Waals surface area contributed by atoms with Crippen molar-refractivity contribution in [2.45, 2.75) is 24.8 Å². The minimum atomic E-state index is -4.09. The number of thiazole rings is 1. The summed E-state index contributed by atoms with van der Waals surface area (Å²) in [5.41, 5.74) is 1.59. The highest BCUT2D eigenvalue weighted by Gasteiger charge is 2.33. The molecule has 0 N–H and O–H groups in total. The van der Waals surface area contributed by atoms with Crippen LogP contribution in [0.15, 0.2) is 98.7 Å². The fraction of sp³-hybridized carbons (Fsp3) is 0.167. The van der Waals surface area contributed by atoms with Crippen LogP contribution >= 0.6 is 22.9 Å². The highest BCUT2D eigenvalue weighted by Crippen LogP contribution is 2.32. The Labute approximate surface area is 250 Å². The third-order valence-electron chi connectivity index (χ3n) is 6.42. The van der Waals surface area contributed by atoms with Gasteiger partial charge in [-0.15, -0.1) is 0 Å². The minimum absolute atomic E-state index is 0.00240. The van der Waals surface area contributed by atoms with Crippen LogP contribution in [-0.2, 0) is 19.6 Å². The molecule has 1 aliphatic heterocycles. The number of rotatable bonds is 8. The molecule has 4 aromatic rings. The molecule has 0 saturated carbocycles. The van der Waals surface area contributed by atoms with Crippen LogP contribution in [0.4, 0.5) is 0 Å². The largest absolute Gasteiger partial charge is 0.493 e. The molecule has 42 heavy (non-hydrogen) atoms. The lowest BCUT2D eigenvalue weighted by molar-refractivity contribution is -0.139. The number of fused-ring (bicyclic) bond motifs is 1. The monoisotopic (exact) mass is 624 g/mol. The quantitative estimate of drug-likeness (QED) is 0.213. The van der Waals surface area contributed by atoms with Gasteiger partial charge in [-0.1, -0.05) is 59.3 Å². The number of ether oxygens (including phenoxy) is 2. The van der Waals surface area contributed by atoms with Gasteiger partial charge >= 0.3 is 16.1 Å². The fourth-order valence-corrected chi connectivity index (χ4v) is 6.63. The molecule has 0 amide bonds. The van der Waals surface area contributed by atoms with Crippen LogP contribution in [0.25, 0.3) is 6.08 Å². The van der Waals surface area contributed by atoms with Gasteiger partial charge in [-0.3, -0.25) is 9.36 Å². The van der Waals surface area contributed by atoms with E-state index >= 15 is 0 Å². The van der Waals surface area contributed by atoms with E-state index in [1.807, 2.05) is 0 Å². The molecule has 9 nitrogen and oxygen atoms in total. The summed E-state index contributed by atoms with van der Waals surface area (Å²) >= 11 is 7.27. The van der Waals surface area contributed by atoms with Gasteiger partial charge in [0, 0.05) is 5.02 Å². The second-order valence-electron chi connectivity index (χ2n) is 9.11. The lowest BCUT2D eigenvalue weighted by Gasteiger charge is -2.24. The number of esters is 1. The van der Waals surface area contributed by atoms with E-state index in [1.165, 1.54) is 29.9 Å². The van der Waals surface area contributed by atoms with Crippen molar-refractivity contribution in [2.24, 2.45) is 4.99 Å². The number of hydrogen-bond donors (Lipinski definition) is 0. The molecule has 1 aromatic heterocycles. The van der Waals surface area contributed by atoms with Crippen LogP contribution in [0.1, 0.15) is 31.0 Å². The second kappa shape index (κ2) is 12.0. The Hall–Kier alpha value is -4.19. The van der Waals surface area contributed by atoms with Crippen LogP contribution in [0, 0.1) is 0 Å². The minimum Gasteiger partial charge on any atom is -0.493 e. The average Bonchev–Trinajstić information content (AvgIpc) is 3.27. The molecule has 216 valence electrons. The molecule has 0 spiro atoms. The summed E-state index contributed by atoms with van der Waals surface area (Å²) in [5, 5.41) is 0.516. The Morgan fingerprint density at radius 1 is 1.07 bits per heavy atom. The Kier molecular flexibility index (Phi) is 8.35. The Morgan fingerprint density at radius 3 is 2.45 bits per heavy atom. The zero-order valence-corrected chi connectivity index (χ0v) is 25.1. The van der Waals surface area contributed by atoms with Crippen LogP contribution in [0.5, 0.6) is 11.5 Å². The zero-order valence-electron chi connectivity index (χ0n) is 22.7. The number of aromatic nitrogens is 1. The van der Waals surface area contributed by atoms with Crippen LogP contribution in [0.2, 0.25) is 5.02 Å². The summed E-state index contributed by atoms with van der Waals surface area (Å²) in [6, 6.07) is 18.5. The standard InChI is InChI=1S/C30H25ClN2O7S2/c1-4-39-29(35)26-18(2)32-30-33(27(26)20-11-13-21(31)14-12-20)28(34)25(41-30)17-19-10-15-23(24(16-19)38-3)40-42(36,37)22-8-6-5-7-9-22/h5-17,27H,4H2,1-3H3/b25-17-. The van der Waals surface area contributed by atoms with Crippen molar-refractivity contribution < 1.29 is 26.9 Å². The van der Waals surface area contributed by atoms with Gasteiger partial charge in [0.15, 0.2) is 16.3 Å². The normalized spacial score (nSPS) is 15.1. The van der Waals surface area contributed by atoms with Gasteiger partial charge in [0.1, 0.15) is 4.90 Å². The van der Waals surface area contributed by atoms with Gasteiger partial charge < -0.3 is 13.7 Å². The molecule has 5 rings (SSSR count). The summed E-state index contributed by atoms with van der Waals surface area (Å²) in [4.78, 5) is 31.8. The Bertz CT molecular complexity index is 1980. The van der Waals surface area contributed by atoms with Crippen molar-refractivity contribution in [3.05, 3.63) is 120 Å². The van der Waals surface area contributed by atoms with Crippen molar-refractivity contribution >= 4 is 45.1 Å². The third kappa shape index (κ3) is 5.76. The first-order chi connectivity index (χ1) is 20.1. The second-order valence-corrected chi connectivity index (χ2v) is 12.1. The van der Waals surface area contributed by atoms with Gasteiger partial charge in [-0.05, 0) is 67.4 Å². The highest BCUT2D eigenvalue weighted by atomic mass is 35.5. The number of halogens is 1. The number of carbonyl (C=O) groups excluding carboxylic acids is 1. The van der Waals surface area contributed by atoms with Crippen molar-refractivity contribution in [1.82, 2.24) is 4.57 Å². The maximum absolute atomic E-state index is 13.8. The van der Waals surface area contributed by atoms with Crippen molar-refractivity contribution in [1.29, 1.82) is 0 Å². The van der Waals surface area contributed by atoms with Gasteiger partial charge in [0.2, 0.25) is 0 Å². The number of allylic oxidation sites excluding steroid dienone is 1.